The molecule has 1 atom stereocenters. The molecule has 0 fully saturated rings. The molecule has 0 amide bonds. The summed E-state index contributed by atoms with van der Waals surface area (Å²) in [5, 5.41) is 0. The Balaban J connectivity index is 4.11. The molecule has 0 saturated heterocycles. The average molecular weight is 974 g/mol. The van der Waals surface area contributed by atoms with Gasteiger partial charge in [0.05, 0.1) is 0 Å². The molecule has 0 aliphatic carbocycles. The molecule has 0 saturated carbocycles. The van der Waals surface area contributed by atoms with Gasteiger partial charge in [-0.05, 0) is 44.9 Å². The zero-order chi connectivity index (χ0) is 50.0. The number of hydrogen-bond acceptors (Lipinski definition) is 6. The quantitative estimate of drug-likeness (QED) is 0.0261. The molecule has 0 heterocycles. The van der Waals surface area contributed by atoms with E-state index in [1.165, 1.54) is 257 Å². The van der Waals surface area contributed by atoms with Crippen molar-refractivity contribution in [2.45, 2.75) is 361 Å². The minimum Gasteiger partial charge on any atom is -0.462 e. The molecule has 408 valence electrons. The van der Waals surface area contributed by atoms with E-state index in [1.54, 1.807) is 0 Å². The van der Waals surface area contributed by atoms with Crippen LogP contribution < -0.4 is 0 Å². The lowest BCUT2D eigenvalue weighted by Gasteiger charge is -2.18. The van der Waals surface area contributed by atoms with E-state index in [2.05, 4.69) is 32.9 Å². The summed E-state index contributed by atoms with van der Waals surface area (Å²) in [4.78, 5) is 38.1. The first-order chi connectivity index (χ1) is 34.0. The Morgan fingerprint density at radius 3 is 0.725 bits per heavy atom. The number of ether oxygens (including phenoxy) is 3. The highest BCUT2D eigenvalue weighted by Gasteiger charge is 2.19. The molecule has 0 aromatic carbocycles. The van der Waals surface area contributed by atoms with E-state index in [4.69, 9.17) is 14.2 Å². The van der Waals surface area contributed by atoms with E-state index in [0.717, 1.165) is 57.8 Å². The van der Waals surface area contributed by atoms with Gasteiger partial charge < -0.3 is 14.2 Å². The van der Waals surface area contributed by atoms with Gasteiger partial charge in [0.15, 0.2) is 6.10 Å². The minimum absolute atomic E-state index is 0.0650. The number of hydrogen-bond donors (Lipinski definition) is 0. The van der Waals surface area contributed by atoms with Crippen molar-refractivity contribution < 1.29 is 28.6 Å². The summed E-state index contributed by atoms with van der Waals surface area (Å²) in [5.74, 6) is -0.846. The third kappa shape index (κ3) is 56.9. The maximum absolute atomic E-state index is 12.8. The molecule has 69 heavy (non-hydrogen) atoms. The van der Waals surface area contributed by atoms with Gasteiger partial charge in [0.2, 0.25) is 0 Å². The van der Waals surface area contributed by atoms with E-state index in [1.807, 2.05) is 0 Å². The molecule has 0 rings (SSSR count). The predicted molar refractivity (Wildman–Crippen MR) is 298 cm³/mol. The van der Waals surface area contributed by atoms with Gasteiger partial charge in [0, 0.05) is 19.3 Å². The summed E-state index contributed by atoms with van der Waals surface area (Å²) in [6.07, 6.45) is 68.1. The number of allylic oxidation sites excluding steroid dienone is 2. The lowest BCUT2D eigenvalue weighted by Crippen LogP contribution is -2.30. The highest BCUT2D eigenvalue weighted by molar-refractivity contribution is 5.71. The van der Waals surface area contributed by atoms with Crippen LogP contribution in [-0.2, 0) is 28.6 Å². The van der Waals surface area contributed by atoms with Crippen LogP contribution in [0.2, 0.25) is 0 Å². The second kappa shape index (κ2) is 58.7. The molecule has 0 bridgehead atoms. The van der Waals surface area contributed by atoms with Crippen molar-refractivity contribution in [1.82, 2.24) is 0 Å². The molecule has 0 aromatic rings. The fourth-order valence-electron chi connectivity index (χ4n) is 9.56. The Morgan fingerprint density at radius 2 is 0.478 bits per heavy atom. The Bertz CT molecular complexity index is 1070. The van der Waals surface area contributed by atoms with Crippen molar-refractivity contribution in [2.75, 3.05) is 13.2 Å². The second-order valence-electron chi connectivity index (χ2n) is 21.3. The largest absolute Gasteiger partial charge is 0.462 e. The molecule has 0 aliphatic rings. The van der Waals surface area contributed by atoms with Crippen molar-refractivity contribution in [1.29, 1.82) is 0 Å². The van der Waals surface area contributed by atoms with E-state index in [9.17, 15) is 14.4 Å². The van der Waals surface area contributed by atoms with Crippen molar-refractivity contribution in [3.05, 3.63) is 12.2 Å². The first kappa shape index (κ1) is 67.1. The van der Waals surface area contributed by atoms with Gasteiger partial charge in [-0.1, -0.05) is 303 Å². The van der Waals surface area contributed by atoms with Crippen LogP contribution in [0.15, 0.2) is 12.2 Å². The first-order valence-electron chi connectivity index (χ1n) is 31.2. The van der Waals surface area contributed by atoms with Gasteiger partial charge in [-0.2, -0.15) is 0 Å². The Morgan fingerprint density at radius 1 is 0.275 bits per heavy atom. The zero-order valence-corrected chi connectivity index (χ0v) is 46.9. The minimum atomic E-state index is -0.765. The van der Waals surface area contributed by atoms with E-state index >= 15 is 0 Å². The Labute approximate surface area is 431 Å². The predicted octanol–water partition coefficient (Wildman–Crippen LogP) is 20.9. The summed E-state index contributed by atoms with van der Waals surface area (Å²) >= 11 is 0. The average Bonchev–Trinajstić information content (AvgIpc) is 3.35. The van der Waals surface area contributed by atoms with Crippen LogP contribution in [0.4, 0.5) is 0 Å². The number of rotatable bonds is 58. The molecular formula is C63H120O6. The van der Waals surface area contributed by atoms with Crippen LogP contribution >= 0.6 is 0 Å². The molecule has 6 heteroatoms. The van der Waals surface area contributed by atoms with Crippen molar-refractivity contribution in [3.8, 4) is 0 Å². The van der Waals surface area contributed by atoms with Crippen molar-refractivity contribution in [3.63, 3.8) is 0 Å². The van der Waals surface area contributed by atoms with Gasteiger partial charge in [-0.15, -0.1) is 0 Å². The Kier molecular flexibility index (Phi) is 57.1. The van der Waals surface area contributed by atoms with Crippen LogP contribution in [0.3, 0.4) is 0 Å². The highest BCUT2D eigenvalue weighted by atomic mass is 16.6. The van der Waals surface area contributed by atoms with Crippen LogP contribution in [0.25, 0.3) is 0 Å². The smallest absolute Gasteiger partial charge is 0.306 e. The number of carbonyl (C=O) groups is 3. The maximum atomic E-state index is 12.8. The topological polar surface area (TPSA) is 78.9 Å². The normalized spacial score (nSPS) is 12.0. The summed E-state index contributed by atoms with van der Waals surface area (Å²) in [7, 11) is 0. The van der Waals surface area contributed by atoms with Gasteiger partial charge in [0.1, 0.15) is 13.2 Å². The Hall–Kier alpha value is -1.85. The molecule has 0 aliphatic heterocycles. The number of esters is 3. The fraction of sp³-hybridized carbons (Fsp3) is 0.921. The van der Waals surface area contributed by atoms with Crippen LogP contribution in [0.1, 0.15) is 355 Å². The highest BCUT2D eigenvalue weighted by Crippen LogP contribution is 2.18. The van der Waals surface area contributed by atoms with Crippen LogP contribution in [0.5, 0.6) is 0 Å². The van der Waals surface area contributed by atoms with Gasteiger partial charge in [-0.25, -0.2) is 0 Å². The monoisotopic (exact) mass is 973 g/mol. The molecule has 1 unspecified atom stereocenters. The third-order valence-electron chi connectivity index (χ3n) is 14.3. The van der Waals surface area contributed by atoms with E-state index in [0.29, 0.717) is 19.3 Å². The van der Waals surface area contributed by atoms with E-state index in [-0.39, 0.29) is 31.1 Å². The molecule has 0 spiro atoms. The SMILES string of the molecule is CCCCCCCC/C=C\CCCCCCCCCCCC(=O)OC(COC(=O)CCCCCCCCCC)COC(=O)CCCCCCCCCCCCCCCCCCCCCCCCCC. The van der Waals surface area contributed by atoms with E-state index < -0.39 is 6.10 Å². The molecule has 6 nitrogen and oxygen atoms in total. The maximum Gasteiger partial charge on any atom is 0.306 e. The van der Waals surface area contributed by atoms with Crippen molar-refractivity contribution in [2.24, 2.45) is 0 Å². The second-order valence-corrected chi connectivity index (χ2v) is 21.3. The third-order valence-corrected chi connectivity index (χ3v) is 14.3. The van der Waals surface area contributed by atoms with Crippen molar-refractivity contribution >= 4 is 17.9 Å². The molecule has 0 N–H and O–H groups in total. The van der Waals surface area contributed by atoms with Crippen LogP contribution in [-0.4, -0.2) is 37.2 Å². The fourth-order valence-corrected chi connectivity index (χ4v) is 9.56. The summed E-state index contributed by atoms with van der Waals surface area (Å²) in [6.45, 7) is 6.67. The number of carbonyl (C=O) groups excluding carboxylic acids is 3. The number of unbranched alkanes of at least 4 members (excludes halogenated alkanes) is 45. The summed E-state index contributed by atoms with van der Waals surface area (Å²) in [6, 6.07) is 0. The standard InChI is InChI=1S/C63H120O6/c1-4-7-10-13-16-19-21-23-25-27-29-30-31-32-33-35-36-38-40-42-44-47-50-53-56-62(65)68-59-60(58-67-61(64)55-52-49-46-18-15-12-9-6-3)69-63(66)57-54-51-48-45-43-41-39-37-34-28-26-24-22-20-17-14-11-8-5-2/h24,26,60H,4-23,25,27-59H2,1-3H3/b26-24-. The van der Waals surface area contributed by atoms with Gasteiger partial charge in [-0.3, -0.25) is 14.4 Å². The lowest BCUT2D eigenvalue weighted by molar-refractivity contribution is -0.167. The summed E-state index contributed by atoms with van der Waals surface area (Å²) < 4.78 is 16.9. The zero-order valence-electron chi connectivity index (χ0n) is 46.9. The molecule has 0 radical (unpaired) electrons. The van der Waals surface area contributed by atoms with Gasteiger partial charge in [0.25, 0.3) is 0 Å². The first-order valence-corrected chi connectivity index (χ1v) is 31.2. The van der Waals surface area contributed by atoms with Gasteiger partial charge >= 0.3 is 17.9 Å². The molecule has 0 aromatic heterocycles. The molecular weight excluding hydrogens is 853 g/mol. The summed E-state index contributed by atoms with van der Waals surface area (Å²) in [5.41, 5.74) is 0. The van der Waals surface area contributed by atoms with Crippen LogP contribution in [0, 0.1) is 0 Å². The lowest BCUT2D eigenvalue weighted by atomic mass is 10.0.